The van der Waals surface area contributed by atoms with Crippen molar-refractivity contribution in [3.63, 3.8) is 0 Å². The zero-order valence-electron chi connectivity index (χ0n) is 13.0. The highest BCUT2D eigenvalue weighted by atomic mass is 19.1. The maximum atomic E-state index is 13.8. The molecule has 8 heteroatoms. The Morgan fingerprint density at radius 3 is 2.92 bits per heavy atom. The van der Waals surface area contributed by atoms with Crippen LogP contribution in [0, 0.1) is 5.82 Å². The van der Waals surface area contributed by atoms with Gasteiger partial charge in [0.05, 0.1) is 11.9 Å². The van der Waals surface area contributed by atoms with Crippen molar-refractivity contribution < 1.29 is 9.80 Å². The summed E-state index contributed by atoms with van der Waals surface area (Å²) in [5.41, 5.74) is 8.40. The van der Waals surface area contributed by atoms with Crippen molar-refractivity contribution in [1.29, 1.82) is 0 Å². The van der Waals surface area contributed by atoms with E-state index in [9.17, 15) is 4.39 Å². The monoisotopic (exact) mass is 326 g/mol. The Morgan fingerprint density at radius 1 is 1.38 bits per heavy atom. The van der Waals surface area contributed by atoms with E-state index < -0.39 is 0 Å². The SMILES string of the molecule is CC(c1cn(-c2ccccc2F)nn1)c1ccc(C(N)=NC=[NH2+])[nH]1. The van der Waals surface area contributed by atoms with Crippen molar-refractivity contribution in [2.24, 2.45) is 10.7 Å². The first-order chi connectivity index (χ1) is 11.6. The van der Waals surface area contributed by atoms with Gasteiger partial charge in [0, 0.05) is 11.6 Å². The number of nitrogens with one attached hydrogen (secondary N) is 1. The van der Waals surface area contributed by atoms with Crippen LogP contribution in [0.5, 0.6) is 0 Å². The Labute approximate surface area is 137 Å². The molecule has 0 radical (unpaired) electrons. The summed E-state index contributed by atoms with van der Waals surface area (Å²) < 4.78 is 15.3. The number of aromatic amines is 1. The maximum absolute atomic E-state index is 13.8. The van der Waals surface area contributed by atoms with Crippen LogP contribution >= 0.6 is 0 Å². The summed E-state index contributed by atoms with van der Waals surface area (Å²) in [7, 11) is 0. The first-order valence-electron chi connectivity index (χ1n) is 7.33. The zero-order valence-corrected chi connectivity index (χ0v) is 13.0. The minimum absolute atomic E-state index is 0.0751. The third-order valence-corrected chi connectivity index (χ3v) is 3.72. The molecule has 7 nitrogen and oxygen atoms in total. The number of nitrogens with two attached hydrogens (primary N) is 2. The van der Waals surface area contributed by atoms with Gasteiger partial charge in [0.25, 0.3) is 12.2 Å². The van der Waals surface area contributed by atoms with Gasteiger partial charge < -0.3 is 10.7 Å². The Bertz CT molecular complexity index is 893. The molecule has 0 aliphatic carbocycles. The molecular formula is C16H17FN7+. The first-order valence-corrected chi connectivity index (χ1v) is 7.33. The number of aliphatic imine (C=N–C) groups is 1. The van der Waals surface area contributed by atoms with Gasteiger partial charge in [0.1, 0.15) is 17.2 Å². The minimum Gasteiger partial charge on any atom is -0.361 e. The van der Waals surface area contributed by atoms with E-state index in [0.717, 1.165) is 12.0 Å². The van der Waals surface area contributed by atoms with E-state index in [1.54, 1.807) is 24.4 Å². The highest BCUT2D eigenvalue weighted by Crippen LogP contribution is 2.22. The highest BCUT2D eigenvalue weighted by Gasteiger charge is 2.17. The molecule has 0 aliphatic heterocycles. The highest BCUT2D eigenvalue weighted by molar-refractivity contribution is 5.99. The van der Waals surface area contributed by atoms with Gasteiger partial charge in [0.2, 0.25) is 0 Å². The molecule has 0 amide bonds. The number of rotatable bonds is 5. The van der Waals surface area contributed by atoms with Gasteiger partial charge >= 0.3 is 0 Å². The van der Waals surface area contributed by atoms with Crippen LogP contribution in [0.1, 0.15) is 29.9 Å². The molecule has 2 heterocycles. The van der Waals surface area contributed by atoms with E-state index in [0.29, 0.717) is 22.9 Å². The number of amidine groups is 1. The summed E-state index contributed by atoms with van der Waals surface area (Å²) in [5.74, 6) is -0.134. The third kappa shape index (κ3) is 2.94. The lowest BCUT2D eigenvalue weighted by Gasteiger charge is -2.05. The van der Waals surface area contributed by atoms with Gasteiger partial charge in [-0.25, -0.2) is 9.07 Å². The second-order valence-corrected chi connectivity index (χ2v) is 5.25. The molecule has 2 aromatic heterocycles. The molecule has 0 saturated heterocycles. The van der Waals surface area contributed by atoms with Crippen molar-refractivity contribution in [2.45, 2.75) is 12.8 Å². The van der Waals surface area contributed by atoms with E-state index in [4.69, 9.17) is 11.1 Å². The summed E-state index contributed by atoms with van der Waals surface area (Å²) in [6, 6.07) is 10.1. The number of benzene rings is 1. The Kier molecular flexibility index (Phi) is 4.19. The van der Waals surface area contributed by atoms with Crippen LogP contribution < -0.4 is 11.1 Å². The van der Waals surface area contributed by atoms with Crippen molar-refractivity contribution in [1.82, 2.24) is 20.0 Å². The molecular weight excluding hydrogens is 309 g/mol. The maximum Gasteiger partial charge on any atom is 0.280 e. The van der Waals surface area contributed by atoms with E-state index in [2.05, 4.69) is 20.3 Å². The molecule has 3 aromatic rings. The molecule has 24 heavy (non-hydrogen) atoms. The number of H-pyrrole nitrogens is 1. The van der Waals surface area contributed by atoms with Crippen LogP contribution in [0.15, 0.2) is 47.6 Å². The Morgan fingerprint density at radius 2 is 2.17 bits per heavy atom. The van der Waals surface area contributed by atoms with Crippen LogP contribution in [-0.2, 0) is 0 Å². The molecule has 1 aromatic carbocycles. The molecule has 0 bridgehead atoms. The van der Waals surface area contributed by atoms with Crippen LogP contribution in [0.3, 0.4) is 0 Å². The largest absolute Gasteiger partial charge is 0.361 e. The fourth-order valence-electron chi connectivity index (χ4n) is 2.35. The van der Waals surface area contributed by atoms with Crippen molar-refractivity contribution in [3.05, 3.63) is 65.5 Å². The van der Waals surface area contributed by atoms with Crippen molar-refractivity contribution in [3.8, 4) is 5.69 Å². The quantitative estimate of drug-likeness (QED) is 0.465. The third-order valence-electron chi connectivity index (χ3n) is 3.72. The van der Waals surface area contributed by atoms with Gasteiger partial charge in [-0.2, -0.15) is 0 Å². The molecule has 1 atom stereocenters. The lowest BCUT2D eigenvalue weighted by molar-refractivity contribution is -0.106. The smallest absolute Gasteiger partial charge is 0.280 e. The molecule has 0 saturated carbocycles. The normalized spacial score (nSPS) is 13.0. The van der Waals surface area contributed by atoms with Gasteiger partial charge in [-0.1, -0.05) is 24.3 Å². The summed E-state index contributed by atoms with van der Waals surface area (Å²) >= 11 is 0. The number of aromatic nitrogens is 4. The lowest BCUT2D eigenvalue weighted by atomic mass is 10.1. The summed E-state index contributed by atoms with van der Waals surface area (Å²) in [6.07, 6.45) is 2.84. The Balaban J connectivity index is 1.87. The number of halogens is 1. The molecule has 0 aliphatic rings. The second-order valence-electron chi connectivity index (χ2n) is 5.25. The van der Waals surface area contributed by atoms with Gasteiger partial charge in [-0.15, -0.1) is 5.10 Å². The van der Waals surface area contributed by atoms with Crippen molar-refractivity contribution >= 4 is 12.2 Å². The minimum atomic E-state index is -0.356. The molecule has 1 unspecified atom stereocenters. The molecule has 5 N–H and O–H groups in total. The average Bonchev–Trinajstić information content (AvgIpc) is 3.25. The number of hydrogen-bond acceptors (Lipinski definition) is 2. The topological polar surface area (TPSA) is 110 Å². The number of nitrogens with zero attached hydrogens (tertiary/aromatic N) is 4. The number of hydrogen-bond donors (Lipinski definition) is 3. The van der Waals surface area contributed by atoms with E-state index >= 15 is 0 Å². The van der Waals surface area contributed by atoms with E-state index in [-0.39, 0.29) is 11.7 Å². The molecule has 0 spiro atoms. The lowest BCUT2D eigenvalue weighted by Crippen LogP contribution is -2.30. The predicted octanol–water partition coefficient (Wildman–Crippen LogP) is 0.379. The fourth-order valence-corrected chi connectivity index (χ4v) is 2.35. The average molecular weight is 326 g/mol. The van der Waals surface area contributed by atoms with Crippen LogP contribution in [0.4, 0.5) is 4.39 Å². The second kappa shape index (κ2) is 6.45. The molecule has 0 fully saturated rings. The number of para-hydroxylation sites is 1. The van der Waals surface area contributed by atoms with E-state index in [1.165, 1.54) is 10.7 Å². The van der Waals surface area contributed by atoms with Gasteiger partial charge in [-0.05, 0) is 29.3 Å². The van der Waals surface area contributed by atoms with Gasteiger partial charge in [0.15, 0.2) is 0 Å². The van der Waals surface area contributed by atoms with Crippen LogP contribution in [0.25, 0.3) is 5.69 Å². The van der Waals surface area contributed by atoms with Crippen LogP contribution in [0.2, 0.25) is 0 Å². The molecule has 3 rings (SSSR count). The Hall–Kier alpha value is -3.29. The zero-order chi connectivity index (χ0) is 17.1. The predicted molar refractivity (Wildman–Crippen MR) is 88.3 cm³/mol. The summed E-state index contributed by atoms with van der Waals surface area (Å²) in [6.45, 7) is 1.97. The summed E-state index contributed by atoms with van der Waals surface area (Å²) in [4.78, 5) is 7.01. The van der Waals surface area contributed by atoms with Crippen LogP contribution in [-0.4, -0.2) is 32.2 Å². The standard InChI is InChI=1S/C16H16FN7/c1-10(12-6-7-13(21-12)16(19)20-9-18)14-8-24(23-22-14)15-5-3-2-4-11(15)17/h2-10,21H,1H3,(H3,18,19,20)/p+1. The fraction of sp³-hybridized carbons (Fsp3) is 0.125. The first kappa shape index (κ1) is 15.6. The molecule has 122 valence electrons. The summed E-state index contributed by atoms with van der Waals surface area (Å²) in [5, 5.41) is 13.4. The van der Waals surface area contributed by atoms with Gasteiger partial charge in [-0.3, -0.25) is 5.41 Å². The van der Waals surface area contributed by atoms with E-state index in [1.807, 2.05) is 19.1 Å². The van der Waals surface area contributed by atoms with Crippen molar-refractivity contribution in [2.75, 3.05) is 0 Å².